The second kappa shape index (κ2) is 5.99. The van der Waals surface area contributed by atoms with Crippen LogP contribution >= 0.6 is 23.2 Å². The standard InChI is InChI=1S/C15H16Cl2N2O3/c16-11-2-1-10-9-3-5-18(15(21)22)6-4-12(9)19(7-8-20)14(10)13(11)17/h1-2,20H,3-8H2,(H,21,22). The Hall–Kier alpha value is -1.43. The third-order valence-electron chi connectivity index (χ3n) is 4.18. The molecule has 2 heterocycles. The molecule has 118 valence electrons. The minimum Gasteiger partial charge on any atom is -0.465 e. The fraction of sp³-hybridized carbons (Fsp3) is 0.400. The summed E-state index contributed by atoms with van der Waals surface area (Å²) in [4.78, 5) is 12.6. The number of nitrogens with zero attached hydrogens (tertiary/aromatic N) is 2. The summed E-state index contributed by atoms with van der Waals surface area (Å²) in [7, 11) is 0. The first-order chi connectivity index (χ1) is 10.5. The van der Waals surface area contributed by atoms with Crippen molar-refractivity contribution in [2.24, 2.45) is 0 Å². The topological polar surface area (TPSA) is 65.7 Å². The molecular formula is C15H16Cl2N2O3. The number of aliphatic hydroxyl groups excluding tert-OH is 1. The van der Waals surface area contributed by atoms with Gasteiger partial charge in [0.15, 0.2) is 0 Å². The van der Waals surface area contributed by atoms with Crippen molar-refractivity contribution in [3.8, 4) is 0 Å². The molecule has 7 heteroatoms. The van der Waals surface area contributed by atoms with Gasteiger partial charge in [-0.05, 0) is 18.1 Å². The number of carbonyl (C=O) groups is 1. The molecule has 0 fully saturated rings. The molecule has 0 saturated carbocycles. The Morgan fingerprint density at radius 1 is 1.23 bits per heavy atom. The summed E-state index contributed by atoms with van der Waals surface area (Å²) < 4.78 is 1.98. The number of benzene rings is 1. The number of rotatable bonds is 2. The van der Waals surface area contributed by atoms with E-state index in [9.17, 15) is 15.0 Å². The predicted molar refractivity (Wildman–Crippen MR) is 86.0 cm³/mol. The molecular weight excluding hydrogens is 327 g/mol. The van der Waals surface area contributed by atoms with Gasteiger partial charge in [-0.15, -0.1) is 0 Å². The van der Waals surface area contributed by atoms with Crippen LogP contribution in [0, 0.1) is 0 Å². The van der Waals surface area contributed by atoms with E-state index in [0.29, 0.717) is 42.5 Å². The van der Waals surface area contributed by atoms with Crippen molar-refractivity contribution in [3.63, 3.8) is 0 Å². The maximum absolute atomic E-state index is 11.2. The van der Waals surface area contributed by atoms with E-state index in [-0.39, 0.29) is 6.61 Å². The van der Waals surface area contributed by atoms with Gasteiger partial charge in [-0.2, -0.15) is 0 Å². The Morgan fingerprint density at radius 3 is 2.64 bits per heavy atom. The van der Waals surface area contributed by atoms with Gasteiger partial charge in [-0.1, -0.05) is 29.3 Å². The van der Waals surface area contributed by atoms with E-state index >= 15 is 0 Å². The molecule has 0 bridgehead atoms. The van der Waals surface area contributed by atoms with Gasteiger partial charge < -0.3 is 19.7 Å². The molecule has 0 atom stereocenters. The second-order valence-corrected chi connectivity index (χ2v) is 6.11. The Bertz CT molecular complexity index is 742. The van der Waals surface area contributed by atoms with Gasteiger partial charge in [0.2, 0.25) is 0 Å². The number of hydrogen-bond donors (Lipinski definition) is 2. The summed E-state index contributed by atoms with van der Waals surface area (Å²) in [5.41, 5.74) is 2.97. The molecule has 1 aliphatic rings. The van der Waals surface area contributed by atoms with Gasteiger partial charge in [0.05, 0.1) is 22.2 Å². The van der Waals surface area contributed by atoms with Crippen molar-refractivity contribution in [2.75, 3.05) is 19.7 Å². The monoisotopic (exact) mass is 342 g/mol. The molecule has 1 amide bonds. The highest BCUT2D eigenvalue weighted by molar-refractivity contribution is 6.45. The van der Waals surface area contributed by atoms with Crippen LogP contribution in [0.2, 0.25) is 10.0 Å². The Kier molecular flexibility index (Phi) is 4.21. The summed E-state index contributed by atoms with van der Waals surface area (Å²) in [5, 5.41) is 20.5. The van der Waals surface area contributed by atoms with Crippen molar-refractivity contribution in [1.29, 1.82) is 0 Å². The van der Waals surface area contributed by atoms with Crippen LogP contribution in [-0.2, 0) is 19.4 Å². The van der Waals surface area contributed by atoms with Crippen LogP contribution in [0.1, 0.15) is 11.3 Å². The van der Waals surface area contributed by atoms with Gasteiger partial charge in [0, 0.05) is 37.1 Å². The molecule has 2 aromatic rings. The van der Waals surface area contributed by atoms with Crippen molar-refractivity contribution in [2.45, 2.75) is 19.4 Å². The molecule has 0 spiro atoms. The molecule has 1 aromatic heterocycles. The summed E-state index contributed by atoms with van der Waals surface area (Å²) >= 11 is 12.5. The highest BCUT2D eigenvalue weighted by atomic mass is 35.5. The van der Waals surface area contributed by atoms with E-state index in [0.717, 1.165) is 22.2 Å². The van der Waals surface area contributed by atoms with Crippen molar-refractivity contribution in [3.05, 3.63) is 33.4 Å². The Morgan fingerprint density at radius 2 is 1.95 bits per heavy atom. The minimum atomic E-state index is -0.899. The van der Waals surface area contributed by atoms with Gasteiger partial charge in [-0.25, -0.2) is 4.79 Å². The molecule has 5 nitrogen and oxygen atoms in total. The van der Waals surface area contributed by atoms with E-state index in [2.05, 4.69) is 0 Å². The zero-order valence-corrected chi connectivity index (χ0v) is 13.4. The number of halogens is 2. The Labute approximate surface area is 137 Å². The van der Waals surface area contributed by atoms with E-state index in [1.807, 2.05) is 10.6 Å². The normalized spacial score (nSPS) is 15.0. The summed E-state index contributed by atoms with van der Waals surface area (Å²) in [6.07, 6.45) is 0.336. The van der Waals surface area contributed by atoms with Crippen molar-refractivity contribution < 1.29 is 15.0 Å². The largest absolute Gasteiger partial charge is 0.465 e. The number of fused-ring (bicyclic) bond motifs is 3. The van der Waals surface area contributed by atoms with Crippen molar-refractivity contribution in [1.82, 2.24) is 9.47 Å². The number of hydrogen-bond acceptors (Lipinski definition) is 2. The average Bonchev–Trinajstić information content (AvgIpc) is 2.65. The van der Waals surface area contributed by atoms with E-state index < -0.39 is 6.09 Å². The van der Waals surface area contributed by atoms with Gasteiger partial charge in [0.1, 0.15) is 0 Å². The zero-order valence-electron chi connectivity index (χ0n) is 11.9. The van der Waals surface area contributed by atoms with E-state index in [1.54, 1.807) is 6.07 Å². The molecule has 0 saturated heterocycles. The zero-order chi connectivity index (χ0) is 15.9. The van der Waals surface area contributed by atoms with Crippen LogP contribution in [0.15, 0.2) is 12.1 Å². The average molecular weight is 343 g/mol. The van der Waals surface area contributed by atoms with Crippen LogP contribution in [0.25, 0.3) is 10.9 Å². The predicted octanol–water partition coefficient (Wildman–Crippen LogP) is 3.02. The highest BCUT2D eigenvalue weighted by Gasteiger charge is 2.25. The molecule has 0 unspecified atom stereocenters. The summed E-state index contributed by atoms with van der Waals surface area (Å²) in [6, 6.07) is 3.68. The van der Waals surface area contributed by atoms with Crippen LogP contribution < -0.4 is 0 Å². The number of aromatic nitrogens is 1. The molecule has 0 aliphatic carbocycles. The summed E-state index contributed by atoms with van der Waals surface area (Å²) in [6.45, 7) is 1.30. The lowest BCUT2D eigenvalue weighted by molar-refractivity contribution is 0.147. The first kappa shape index (κ1) is 15.5. The Balaban J connectivity index is 2.18. The molecule has 3 rings (SSSR count). The van der Waals surface area contributed by atoms with Gasteiger partial charge >= 0.3 is 6.09 Å². The highest BCUT2D eigenvalue weighted by Crippen LogP contribution is 2.37. The molecule has 0 radical (unpaired) electrons. The molecule has 1 aromatic carbocycles. The SMILES string of the molecule is O=C(O)N1CCc2c(n(CCO)c3c(Cl)c(Cl)ccc23)CC1. The quantitative estimate of drug-likeness (QED) is 0.881. The van der Waals surface area contributed by atoms with E-state index in [1.165, 1.54) is 4.90 Å². The first-order valence-corrected chi connectivity index (χ1v) is 7.87. The third kappa shape index (κ3) is 2.43. The molecule has 22 heavy (non-hydrogen) atoms. The lowest BCUT2D eigenvalue weighted by Crippen LogP contribution is -2.31. The lowest BCUT2D eigenvalue weighted by Gasteiger charge is -2.16. The van der Waals surface area contributed by atoms with Crippen LogP contribution in [0.5, 0.6) is 0 Å². The molecule has 2 N–H and O–H groups in total. The number of carboxylic acid groups (broad SMARTS) is 1. The van der Waals surface area contributed by atoms with Crippen molar-refractivity contribution >= 4 is 40.2 Å². The second-order valence-electron chi connectivity index (χ2n) is 5.33. The van der Waals surface area contributed by atoms with Gasteiger partial charge in [-0.3, -0.25) is 0 Å². The first-order valence-electron chi connectivity index (χ1n) is 7.11. The smallest absolute Gasteiger partial charge is 0.407 e. The van der Waals surface area contributed by atoms with Crippen LogP contribution in [0.3, 0.4) is 0 Å². The van der Waals surface area contributed by atoms with E-state index in [4.69, 9.17) is 23.2 Å². The molecule has 1 aliphatic heterocycles. The maximum atomic E-state index is 11.2. The lowest BCUT2D eigenvalue weighted by atomic mass is 10.1. The van der Waals surface area contributed by atoms with Crippen LogP contribution in [0.4, 0.5) is 4.79 Å². The minimum absolute atomic E-state index is 0.0122. The third-order valence-corrected chi connectivity index (χ3v) is 4.98. The maximum Gasteiger partial charge on any atom is 0.407 e. The number of amides is 1. The fourth-order valence-corrected chi connectivity index (χ4v) is 3.62. The number of aliphatic hydroxyl groups is 1. The van der Waals surface area contributed by atoms with Gasteiger partial charge in [0.25, 0.3) is 0 Å². The fourth-order valence-electron chi connectivity index (χ4n) is 3.20. The summed E-state index contributed by atoms with van der Waals surface area (Å²) in [5.74, 6) is 0. The van der Waals surface area contributed by atoms with Crippen LogP contribution in [-0.4, -0.2) is 45.5 Å².